The lowest BCUT2D eigenvalue weighted by Crippen LogP contribution is -2.01. The Morgan fingerprint density at radius 2 is 2.46 bits per heavy atom. The van der Waals surface area contributed by atoms with Crippen molar-refractivity contribution in [1.29, 1.82) is 0 Å². The Morgan fingerprint density at radius 1 is 1.69 bits per heavy atom. The molecule has 72 valence electrons. The number of hydrogen-bond acceptors (Lipinski definition) is 1. The minimum absolute atomic E-state index is 0.249. The van der Waals surface area contributed by atoms with Gasteiger partial charge >= 0.3 is 0 Å². The summed E-state index contributed by atoms with van der Waals surface area (Å²) in [5, 5.41) is 0. The summed E-state index contributed by atoms with van der Waals surface area (Å²) >= 11 is 0. The normalized spacial score (nSPS) is 23.2. The van der Waals surface area contributed by atoms with Crippen LogP contribution in [0.2, 0.25) is 0 Å². The number of ketones is 1. The van der Waals surface area contributed by atoms with Crippen LogP contribution in [0.15, 0.2) is 23.8 Å². The Morgan fingerprint density at radius 3 is 3.00 bits per heavy atom. The van der Waals surface area contributed by atoms with E-state index in [4.69, 9.17) is 0 Å². The molecule has 0 spiro atoms. The van der Waals surface area contributed by atoms with Crippen molar-refractivity contribution in [2.24, 2.45) is 5.92 Å². The van der Waals surface area contributed by atoms with E-state index in [1.165, 1.54) is 18.4 Å². The lowest BCUT2D eigenvalue weighted by Gasteiger charge is -2.16. The van der Waals surface area contributed by atoms with Crippen LogP contribution in [0, 0.1) is 5.92 Å². The van der Waals surface area contributed by atoms with Crippen LogP contribution in [0.25, 0.3) is 0 Å². The fraction of sp³-hybridized carbons (Fsp3) is 0.583. The van der Waals surface area contributed by atoms with E-state index >= 15 is 0 Å². The van der Waals surface area contributed by atoms with Crippen molar-refractivity contribution >= 4 is 5.78 Å². The zero-order valence-electron chi connectivity index (χ0n) is 8.55. The SMILES string of the molecule is CC(=O)CC=CC1CC=C(C)CC1. The Labute approximate surface area is 80.5 Å². The van der Waals surface area contributed by atoms with Crippen molar-refractivity contribution in [3.05, 3.63) is 23.8 Å². The van der Waals surface area contributed by atoms with E-state index in [1.807, 2.05) is 6.08 Å². The summed E-state index contributed by atoms with van der Waals surface area (Å²) in [6.07, 6.45) is 10.7. The second-order valence-corrected chi connectivity index (χ2v) is 3.92. The lowest BCUT2D eigenvalue weighted by atomic mass is 9.90. The number of allylic oxidation sites excluding steroid dienone is 4. The molecular weight excluding hydrogens is 160 g/mol. The molecule has 1 atom stereocenters. The average molecular weight is 178 g/mol. The van der Waals surface area contributed by atoms with E-state index in [0.29, 0.717) is 12.3 Å². The van der Waals surface area contributed by atoms with Crippen LogP contribution >= 0.6 is 0 Å². The fourth-order valence-electron chi connectivity index (χ4n) is 1.59. The van der Waals surface area contributed by atoms with Gasteiger partial charge in [-0.25, -0.2) is 0 Å². The predicted octanol–water partition coefficient (Wildman–Crippen LogP) is 3.27. The van der Waals surface area contributed by atoms with Gasteiger partial charge in [-0.3, -0.25) is 4.79 Å². The first-order valence-electron chi connectivity index (χ1n) is 5.00. The van der Waals surface area contributed by atoms with Crippen LogP contribution < -0.4 is 0 Å². The van der Waals surface area contributed by atoms with Gasteiger partial charge in [-0.1, -0.05) is 23.8 Å². The smallest absolute Gasteiger partial charge is 0.133 e. The van der Waals surface area contributed by atoms with Gasteiger partial charge in [0.05, 0.1) is 0 Å². The summed E-state index contributed by atoms with van der Waals surface area (Å²) in [4.78, 5) is 10.7. The maximum atomic E-state index is 10.7. The van der Waals surface area contributed by atoms with Gasteiger partial charge in [-0.2, -0.15) is 0 Å². The van der Waals surface area contributed by atoms with E-state index in [0.717, 1.165) is 6.42 Å². The number of Topliss-reactive ketones (excluding diaryl/α,β-unsaturated/α-hetero) is 1. The second-order valence-electron chi connectivity index (χ2n) is 3.92. The Hall–Kier alpha value is -0.850. The third-order valence-corrected chi connectivity index (χ3v) is 2.49. The zero-order valence-corrected chi connectivity index (χ0v) is 8.55. The standard InChI is InChI=1S/C12H18O/c1-10-6-8-12(9-7-10)5-3-4-11(2)13/h3,5-6,12H,4,7-9H2,1-2H3. The molecule has 1 nitrogen and oxygen atoms in total. The molecule has 0 aliphatic heterocycles. The molecule has 0 heterocycles. The molecule has 0 aromatic heterocycles. The molecule has 0 aromatic carbocycles. The number of carbonyl (C=O) groups is 1. The minimum Gasteiger partial charge on any atom is -0.300 e. The van der Waals surface area contributed by atoms with E-state index in [1.54, 1.807) is 6.92 Å². The lowest BCUT2D eigenvalue weighted by molar-refractivity contribution is -0.116. The van der Waals surface area contributed by atoms with Gasteiger partial charge in [0.25, 0.3) is 0 Å². The Kier molecular flexibility index (Phi) is 3.94. The van der Waals surface area contributed by atoms with Gasteiger partial charge in [0.1, 0.15) is 5.78 Å². The van der Waals surface area contributed by atoms with Crippen molar-refractivity contribution in [2.45, 2.75) is 39.5 Å². The molecular formula is C12H18O. The molecule has 1 aliphatic carbocycles. The van der Waals surface area contributed by atoms with Gasteiger partial charge in [-0.15, -0.1) is 0 Å². The quantitative estimate of drug-likeness (QED) is 0.606. The summed E-state index contributed by atoms with van der Waals surface area (Å²) in [6, 6.07) is 0. The molecule has 0 saturated carbocycles. The molecule has 1 heteroatoms. The zero-order chi connectivity index (χ0) is 9.68. The third-order valence-electron chi connectivity index (χ3n) is 2.49. The largest absolute Gasteiger partial charge is 0.300 e. The van der Waals surface area contributed by atoms with Gasteiger partial charge in [0.15, 0.2) is 0 Å². The Balaban J connectivity index is 2.31. The van der Waals surface area contributed by atoms with Crippen LogP contribution in [0.1, 0.15) is 39.5 Å². The average Bonchev–Trinajstić information content (AvgIpc) is 2.08. The maximum absolute atomic E-state index is 10.7. The highest BCUT2D eigenvalue weighted by Gasteiger charge is 2.08. The molecule has 0 saturated heterocycles. The van der Waals surface area contributed by atoms with E-state index < -0.39 is 0 Å². The first-order valence-corrected chi connectivity index (χ1v) is 5.00. The van der Waals surface area contributed by atoms with Crippen molar-refractivity contribution in [3.63, 3.8) is 0 Å². The molecule has 13 heavy (non-hydrogen) atoms. The fourth-order valence-corrected chi connectivity index (χ4v) is 1.59. The number of carbonyl (C=O) groups excluding carboxylic acids is 1. The van der Waals surface area contributed by atoms with E-state index in [9.17, 15) is 4.79 Å². The molecule has 0 N–H and O–H groups in total. The van der Waals surface area contributed by atoms with Crippen molar-refractivity contribution in [3.8, 4) is 0 Å². The summed E-state index contributed by atoms with van der Waals surface area (Å²) in [7, 11) is 0. The first-order chi connectivity index (χ1) is 6.18. The highest BCUT2D eigenvalue weighted by Crippen LogP contribution is 2.23. The third kappa shape index (κ3) is 4.07. The van der Waals surface area contributed by atoms with E-state index in [2.05, 4.69) is 19.1 Å². The van der Waals surface area contributed by atoms with Crippen molar-refractivity contribution < 1.29 is 4.79 Å². The summed E-state index contributed by atoms with van der Waals surface area (Å²) < 4.78 is 0. The number of rotatable bonds is 3. The predicted molar refractivity (Wildman–Crippen MR) is 55.5 cm³/mol. The summed E-state index contributed by atoms with van der Waals surface area (Å²) in [6.45, 7) is 3.82. The molecule has 0 aromatic rings. The summed E-state index contributed by atoms with van der Waals surface area (Å²) in [5.74, 6) is 0.918. The molecule has 0 amide bonds. The topological polar surface area (TPSA) is 17.1 Å². The highest BCUT2D eigenvalue weighted by molar-refractivity contribution is 5.76. The van der Waals surface area contributed by atoms with Crippen LogP contribution in [0.5, 0.6) is 0 Å². The van der Waals surface area contributed by atoms with Crippen LogP contribution in [-0.2, 0) is 4.79 Å². The highest BCUT2D eigenvalue weighted by atomic mass is 16.1. The molecule has 1 aliphatic rings. The number of hydrogen-bond donors (Lipinski definition) is 0. The maximum Gasteiger partial charge on any atom is 0.133 e. The van der Waals surface area contributed by atoms with Crippen LogP contribution in [0.3, 0.4) is 0 Å². The van der Waals surface area contributed by atoms with Gasteiger partial charge in [0.2, 0.25) is 0 Å². The molecule has 0 bridgehead atoms. The van der Waals surface area contributed by atoms with Crippen molar-refractivity contribution in [2.75, 3.05) is 0 Å². The van der Waals surface area contributed by atoms with Gasteiger partial charge in [-0.05, 0) is 39.0 Å². The van der Waals surface area contributed by atoms with Crippen LogP contribution in [0.4, 0.5) is 0 Å². The van der Waals surface area contributed by atoms with Crippen molar-refractivity contribution in [1.82, 2.24) is 0 Å². The monoisotopic (exact) mass is 178 g/mol. The first kappa shape index (κ1) is 10.2. The van der Waals surface area contributed by atoms with Gasteiger partial charge < -0.3 is 0 Å². The van der Waals surface area contributed by atoms with Gasteiger partial charge in [0, 0.05) is 6.42 Å². The van der Waals surface area contributed by atoms with E-state index in [-0.39, 0.29) is 5.78 Å². The Bertz CT molecular complexity index is 236. The summed E-state index contributed by atoms with van der Waals surface area (Å²) in [5.41, 5.74) is 1.51. The minimum atomic E-state index is 0.249. The molecule has 1 unspecified atom stereocenters. The molecule has 0 radical (unpaired) electrons. The molecule has 0 fully saturated rings. The second kappa shape index (κ2) is 5.00. The molecule has 1 rings (SSSR count). The van der Waals surface area contributed by atoms with Crippen LogP contribution in [-0.4, -0.2) is 5.78 Å².